The smallest absolute Gasteiger partial charge is 0.352 e. The summed E-state index contributed by atoms with van der Waals surface area (Å²) in [5.41, 5.74) is 0.967. The maximum Gasteiger partial charge on any atom is 0.390 e. The van der Waals surface area contributed by atoms with E-state index < -0.39 is 25.0 Å². The van der Waals surface area contributed by atoms with Gasteiger partial charge in [-0.25, -0.2) is 0 Å². The van der Waals surface area contributed by atoms with Gasteiger partial charge in [-0.2, -0.15) is 18.2 Å². The topological polar surface area (TPSA) is 68.0 Å². The van der Waals surface area contributed by atoms with Crippen LogP contribution >= 0.6 is 0 Å². The van der Waals surface area contributed by atoms with Gasteiger partial charge in [-0.3, -0.25) is 4.79 Å². The minimum absolute atomic E-state index is 0.279. The van der Waals surface area contributed by atoms with Crippen molar-refractivity contribution in [2.24, 2.45) is 0 Å². The Hall–Kier alpha value is -2.38. The van der Waals surface area contributed by atoms with Gasteiger partial charge in [0.1, 0.15) is 0 Å². The van der Waals surface area contributed by atoms with E-state index in [0.29, 0.717) is 23.2 Å². The van der Waals surface area contributed by atoms with E-state index in [4.69, 9.17) is 4.52 Å². The van der Waals surface area contributed by atoms with Gasteiger partial charge >= 0.3 is 6.18 Å². The molecule has 2 aromatic rings. The fraction of sp³-hybridized carbons (Fsp3) is 0.400. The van der Waals surface area contributed by atoms with Crippen molar-refractivity contribution in [1.29, 1.82) is 0 Å². The second-order valence-corrected chi connectivity index (χ2v) is 5.43. The molecule has 5 nitrogen and oxygen atoms in total. The first-order valence-corrected chi connectivity index (χ1v) is 7.21. The molecular weight excluding hydrogens is 311 g/mol. The lowest BCUT2D eigenvalue weighted by molar-refractivity contribution is -0.132. The number of aromatic nitrogens is 2. The lowest BCUT2D eigenvalue weighted by Gasteiger charge is -2.08. The highest BCUT2D eigenvalue weighted by molar-refractivity contribution is 5.94. The molecule has 0 unspecified atom stereocenters. The highest BCUT2D eigenvalue weighted by atomic mass is 19.4. The van der Waals surface area contributed by atoms with E-state index in [-0.39, 0.29) is 5.56 Å². The van der Waals surface area contributed by atoms with Crippen molar-refractivity contribution < 1.29 is 22.5 Å². The molecule has 23 heavy (non-hydrogen) atoms. The molecule has 1 heterocycles. The predicted molar refractivity (Wildman–Crippen MR) is 74.7 cm³/mol. The number of carbonyl (C=O) groups is 1. The van der Waals surface area contributed by atoms with Gasteiger partial charge < -0.3 is 9.84 Å². The van der Waals surface area contributed by atoms with Gasteiger partial charge in [0.2, 0.25) is 11.7 Å². The molecule has 0 radical (unpaired) electrons. The summed E-state index contributed by atoms with van der Waals surface area (Å²) in [5.74, 6) is 0.868. The number of nitrogens with zero attached hydrogens (tertiary/aromatic N) is 2. The molecule has 1 saturated carbocycles. The molecule has 122 valence electrons. The van der Waals surface area contributed by atoms with Crippen molar-refractivity contribution in [2.45, 2.75) is 31.4 Å². The van der Waals surface area contributed by atoms with Crippen LogP contribution in [0.2, 0.25) is 0 Å². The largest absolute Gasteiger partial charge is 0.390 e. The van der Waals surface area contributed by atoms with Crippen LogP contribution in [0.4, 0.5) is 13.2 Å². The van der Waals surface area contributed by atoms with Crippen LogP contribution < -0.4 is 5.32 Å². The molecule has 0 spiro atoms. The fourth-order valence-electron chi connectivity index (χ4n) is 2.04. The number of carbonyl (C=O) groups excluding carboxylic acids is 1. The van der Waals surface area contributed by atoms with Crippen molar-refractivity contribution in [1.82, 2.24) is 15.5 Å². The SMILES string of the molecule is O=C(NCCC(F)(F)F)c1ccc(-c2noc(C3CC3)n2)cc1. The minimum Gasteiger partial charge on any atom is -0.352 e. The summed E-state index contributed by atoms with van der Waals surface area (Å²) in [6.45, 7) is -0.445. The van der Waals surface area contributed by atoms with Gasteiger partial charge in [-0.1, -0.05) is 17.3 Å². The van der Waals surface area contributed by atoms with Gasteiger partial charge in [-0.05, 0) is 25.0 Å². The molecule has 0 atom stereocenters. The van der Waals surface area contributed by atoms with Crippen LogP contribution in [-0.4, -0.2) is 28.8 Å². The third-order valence-corrected chi connectivity index (χ3v) is 3.47. The summed E-state index contributed by atoms with van der Waals surface area (Å²) in [6.07, 6.45) is -3.23. The second-order valence-electron chi connectivity index (χ2n) is 5.43. The molecule has 1 aromatic heterocycles. The van der Waals surface area contributed by atoms with Crippen molar-refractivity contribution in [3.8, 4) is 11.4 Å². The normalized spacial score (nSPS) is 14.7. The molecule has 8 heteroatoms. The lowest BCUT2D eigenvalue weighted by atomic mass is 10.1. The molecule has 1 fully saturated rings. The molecule has 0 aliphatic heterocycles. The third kappa shape index (κ3) is 4.08. The highest BCUT2D eigenvalue weighted by Crippen LogP contribution is 2.39. The zero-order valence-corrected chi connectivity index (χ0v) is 12.1. The molecule has 1 aliphatic rings. The Morgan fingerprint density at radius 1 is 1.26 bits per heavy atom. The average Bonchev–Trinajstić information content (AvgIpc) is 3.23. The van der Waals surface area contributed by atoms with Crippen LogP contribution in [0, 0.1) is 0 Å². The Morgan fingerprint density at radius 2 is 1.96 bits per heavy atom. The molecule has 0 bridgehead atoms. The number of alkyl halides is 3. The van der Waals surface area contributed by atoms with E-state index in [2.05, 4.69) is 15.5 Å². The number of benzene rings is 1. The van der Waals surface area contributed by atoms with Gasteiger partial charge in [0.05, 0.1) is 6.42 Å². The zero-order chi connectivity index (χ0) is 16.4. The Morgan fingerprint density at radius 3 is 2.57 bits per heavy atom. The first kappa shape index (κ1) is 15.5. The van der Waals surface area contributed by atoms with Crippen LogP contribution in [0.1, 0.15) is 41.4 Å². The van der Waals surface area contributed by atoms with Gasteiger partial charge in [-0.15, -0.1) is 0 Å². The molecule has 1 aliphatic carbocycles. The number of halogens is 3. The van der Waals surface area contributed by atoms with E-state index in [9.17, 15) is 18.0 Å². The van der Waals surface area contributed by atoms with Crippen LogP contribution in [0.3, 0.4) is 0 Å². The molecule has 1 N–H and O–H groups in total. The first-order valence-electron chi connectivity index (χ1n) is 7.21. The Kier molecular flexibility index (Phi) is 4.06. The van der Waals surface area contributed by atoms with Crippen molar-refractivity contribution in [2.75, 3.05) is 6.54 Å². The minimum atomic E-state index is -4.28. The molecule has 1 amide bonds. The third-order valence-electron chi connectivity index (χ3n) is 3.47. The Labute approximate surface area is 129 Å². The number of hydrogen-bond acceptors (Lipinski definition) is 4. The predicted octanol–water partition coefficient (Wildman–Crippen LogP) is 3.30. The Balaban J connectivity index is 1.60. The summed E-state index contributed by atoms with van der Waals surface area (Å²) in [4.78, 5) is 16.0. The van der Waals surface area contributed by atoms with Crippen molar-refractivity contribution in [3.63, 3.8) is 0 Å². The van der Waals surface area contributed by atoms with Crippen molar-refractivity contribution >= 4 is 5.91 Å². The van der Waals surface area contributed by atoms with Gasteiger partial charge in [0.15, 0.2) is 0 Å². The fourth-order valence-corrected chi connectivity index (χ4v) is 2.04. The van der Waals surface area contributed by atoms with E-state index in [1.807, 2.05) is 0 Å². The average molecular weight is 325 g/mol. The summed E-state index contributed by atoms with van der Waals surface area (Å²) in [6, 6.07) is 6.32. The number of rotatable bonds is 5. The van der Waals surface area contributed by atoms with E-state index in [0.717, 1.165) is 12.8 Å². The number of hydrogen-bond donors (Lipinski definition) is 1. The molecule has 0 saturated heterocycles. The second kappa shape index (κ2) is 6.02. The molecule has 3 rings (SSSR count). The quantitative estimate of drug-likeness (QED) is 0.916. The van der Waals surface area contributed by atoms with Crippen LogP contribution in [0.15, 0.2) is 28.8 Å². The monoisotopic (exact) mass is 325 g/mol. The van der Waals surface area contributed by atoms with Crippen LogP contribution in [-0.2, 0) is 0 Å². The lowest BCUT2D eigenvalue weighted by Crippen LogP contribution is -2.27. The summed E-state index contributed by atoms with van der Waals surface area (Å²) >= 11 is 0. The van der Waals surface area contributed by atoms with E-state index >= 15 is 0 Å². The molecule has 1 aromatic carbocycles. The number of amides is 1. The zero-order valence-electron chi connectivity index (χ0n) is 12.1. The summed E-state index contributed by atoms with van der Waals surface area (Å²) in [5, 5.41) is 6.12. The summed E-state index contributed by atoms with van der Waals surface area (Å²) in [7, 11) is 0. The van der Waals surface area contributed by atoms with E-state index in [1.165, 1.54) is 12.1 Å². The standard InChI is InChI=1S/C15H14F3N3O2/c16-15(17,18)7-8-19-13(22)10-3-1-9(2-4-10)12-20-14(23-21-12)11-5-6-11/h1-4,11H,5-8H2,(H,19,22). The maximum atomic E-state index is 12.0. The summed E-state index contributed by atoms with van der Waals surface area (Å²) < 4.78 is 41.3. The highest BCUT2D eigenvalue weighted by Gasteiger charge is 2.30. The first-order chi connectivity index (χ1) is 10.9. The van der Waals surface area contributed by atoms with Crippen LogP contribution in [0.5, 0.6) is 0 Å². The molecular formula is C15H14F3N3O2. The van der Waals surface area contributed by atoms with Crippen LogP contribution in [0.25, 0.3) is 11.4 Å². The van der Waals surface area contributed by atoms with E-state index in [1.54, 1.807) is 12.1 Å². The maximum absolute atomic E-state index is 12.0. The van der Waals surface area contributed by atoms with Crippen molar-refractivity contribution in [3.05, 3.63) is 35.7 Å². The van der Waals surface area contributed by atoms with Gasteiger partial charge in [0.25, 0.3) is 5.91 Å². The Bertz CT molecular complexity index is 691. The van der Waals surface area contributed by atoms with Gasteiger partial charge in [0, 0.05) is 23.6 Å². The number of nitrogens with one attached hydrogen (secondary N) is 1.